The molecule has 1 aromatic rings. The van der Waals surface area contributed by atoms with E-state index < -0.39 is 5.97 Å². The number of carboxylic acid groups (broad SMARTS) is 1. The van der Waals surface area contributed by atoms with E-state index in [4.69, 9.17) is 9.84 Å². The summed E-state index contributed by atoms with van der Waals surface area (Å²) in [6.07, 6.45) is 3.32. The monoisotopic (exact) mass is 232 g/mol. The average Bonchev–Trinajstić information content (AvgIpc) is 2.32. The normalized spacial score (nSPS) is 21.1. The lowest BCUT2D eigenvalue weighted by Crippen LogP contribution is -2.12. The van der Waals surface area contributed by atoms with Crippen LogP contribution in [0.4, 0.5) is 0 Å². The van der Waals surface area contributed by atoms with Crippen LogP contribution in [0.25, 0.3) is 5.57 Å². The highest BCUT2D eigenvalue weighted by Gasteiger charge is 2.21. The van der Waals surface area contributed by atoms with E-state index in [0.29, 0.717) is 0 Å². The molecule has 0 bridgehead atoms. The van der Waals surface area contributed by atoms with Gasteiger partial charge in [-0.3, -0.25) is 0 Å². The van der Waals surface area contributed by atoms with Gasteiger partial charge in [0.1, 0.15) is 5.75 Å². The third kappa shape index (κ3) is 2.33. The van der Waals surface area contributed by atoms with Crippen LogP contribution >= 0.6 is 0 Å². The van der Waals surface area contributed by atoms with Gasteiger partial charge in [0.2, 0.25) is 0 Å². The number of fused-ring (bicyclic) bond motifs is 1. The van der Waals surface area contributed by atoms with Crippen LogP contribution in [-0.2, 0) is 11.2 Å². The summed E-state index contributed by atoms with van der Waals surface area (Å²) < 4.78 is 5.19. The minimum absolute atomic E-state index is 0.283. The minimum atomic E-state index is -0.887. The van der Waals surface area contributed by atoms with Gasteiger partial charge in [0.05, 0.1) is 7.11 Å². The SMILES string of the molecule is COc1ccc2c(c1)/C(=C/C(=O)O)C(C)CC2. The standard InChI is InChI=1S/C14H16O3/c1-9-3-4-10-5-6-11(17-2)7-13(10)12(9)8-14(15)16/h5-9H,3-4H2,1-2H3,(H,15,16)/b12-8+. The van der Waals surface area contributed by atoms with Gasteiger partial charge < -0.3 is 9.84 Å². The summed E-state index contributed by atoms with van der Waals surface area (Å²) in [5.41, 5.74) is 3.12. The number of aliphatic carboxylic acids is 1. The van der Waals surface area contributed by atoms with Gasteiger partial charge in [0.25, 0.3) is 0 Å². The number of carboxylic acids is 1. The lowest BCUT2D eigenvalue weighted by atomic mass is 9.80. The van der Waals surface area contributed by atoms with Gasteiger partial charge >= 0.3 is 5.97 Å². The molecule has 1 unspecified atom stereocenters. The molecule has 0 spiro atoms. The van der Waals surface area contributed by atoms with Crippen molar-refractivity contribution in [2.24, 2.45) is 5.92 Å². The van der Waals surface area contributed by atoms with Crippen molar-refractivity contribution in [3.63, 3.8) is 0 Å². The van der Waals surface area contributed by atoms with E-state index in [9.17, 15) is 4.79 Å². The van der Waals surface area contributed by atoms with Crippen LogP contribution in [0, 0.1) is 5.92 Å². The second-order valence-corrected chi connectivity index (χ2v) is 4.40. The molecule has 1 aliphatic carbocycles. The first-order valence-electron chi connectivity index (χ1n) is 5.73. The lowest BCUT2D eigenvalue weighted by molar-refractivity contribution is -0.131. The molecule has 0 radical (unpaired) electrons. The molecule has 0 fully saturated rings. The molecule has 3 nitrogen and oxygen atoms in total. The molecule has 0 saturated carbocycles. The number of rotatable bonds is 2. The highest BCUT2D eigenvalue weighted by molar-refractivity contribution is 5.91. The highest BCUT2D eigenvalue weighted by Crippen LogP contribution is 2.36. The van der Waals surface area contributed by atoms with Gasteiger partial charge in [0.15, 0.2) is 0 Å². The zero-order chi connectivity index (χ0) is 12.4. The quantitative estimate of drug-likeness (QED) is 0.797. The van der Waals surface area contributed by atoms with Gasteiger partial charge in [-0.05, 0) is 47.6 Å². The van der Waals surface area contributed by atoms with E-state index in [-0.39, 0.29) is 5.92 Å². The predicted molar refractivity (Wildman–Crippen MR) is 66.1 cm³/mol. The number of carbonyl (C=O) groups is 1. The Morgan fingerprint density at radius 3 is 2.94 bits per heavy atom. The summed E-state index contributed by atoms with van der Waals surface area (Å²) in [4.78, 5) is 10.9. The van der Waals surface area contributed by atoms with Crippen molar-refractivity contribution in [3.05, 3.63) is 35.4 Å². The van der Waals surface area contributed by atoms with Crippen molar-refractivity contribution in [1.29, 1.82) is 0 Å². The largest absolute Gasteiger partial charge is 0.497 e. The lowest BCUT2D eigenvalue weighted by Gasteiger charge is -2.25. The highest BCUT2D eigenvalue weighted by atomic mass is 16.5. The predicted octanol–water partition coefficient (Wildman–Crippen LogP) is 2.75. The first kappa shape index (κ1) is 11.7. The zero-order valence-electron chi connectivity index (χ0n) is 10.1. The van der Waals surface area contributed by atoms with Gasteiger partial charge in [0, 0.05) is 6.08 Å². The third-order valence-electron chi connectivity index (χ3n) is 3.28. The number of benzene rings is 1. The number of aryl methyl sites for hydroxylation is 1. The molecule has 3 heteroatoms. The third-order valence-corrected chi connectivity index (χ3v) is 3.28. The van der Waals surface area contributed by atoms with Crippen molar-refractivity contribution in [2.45, 2.75) is 19.8 Å². The summed E-state index contributed by atoms with van der Waals surface area (Å²) in [7, 11) is 1.62. The van der Waals surface area contributed by atoms with Crippen LogP contribution in [0.5, 0.6) is 5.75 Å². The van der Waals surface area contributed by atoms with Crippen molar-refractivity contribution in [3.8, 4) is 5.75 Å². The Labute approximate surface area is 101 Å². The van der Waals surface area contributed by atoms with E-state index in [1.165, 1.54) is 11.6 Å². The molecule has 2 rings (SSSR count). The number of allylic oxidation sites excluding steroid dienone is 1. The molecule has 0 aliphatic heterocycles. The van der Waals surface area contributed by atoms with E-state index in [2.05, 4.69) is 6.92 Å². The number of hydrogen-bond acceptors (Lipinski definition) is 2. The van der Waals surface area contributed by atoms with Crippen LogP contribution in [0.3, 0.4) is 0 Å². The Bertz CT molecular complexity index is 474. The van der Waals surface area contributed by atoms with Crippen LogP contribution < -0.4 is 4.74 Å². The molecule has 1 atom stereocenters. The first-order chi connectivity index (χ1) is 8.11. The Morgan fingerprint density at radius 2 is 2.29 bits per heavy atom. The van der Waals surface area contributed by atoms with Gasteiger partial charge in [-0.2, -0.15) is 0 Å². The minimum Gasteiger partial charge on any atom is -0.497 e. The number of ether oxygens (including phenoxy) is 1. The Kier molecular flexibility index (Phi) is 3.18. The summed E-state index contributed by atoms with van der Waals surface area (Å²) in [6.45, 7) is 2.07. The summed E-state index contributed by atoms with van der Waals surface area (Å²) >= 11 is 0. The number of hydrogen-bond donors (Lipinski definition) is 1. The maximum Gasteiger partial charge on any atom is 0.328 e. The molecule has 90 valence electrons. The number of methoxy groups -OCH3 is 1. The maximum atomic E-state index is 10.9. The first-order valence-corrected chi connectivity index (χ1v) is 5.73. The van der Waals surface area contributed by atoms with Crippen molar-refractivity contribution < 1.29 is 14.6 Å². The molecule has 0 saturated heterocycles. The van der Waals surface area contributed by atoms with Crippen LogP contribution in [0.2, 0.25) is 0 Å². The smallest absolute Gasteiger partial charge is 0.328 e. The summed E-state index contributed by atoms with van der Waals surface area (Å²) in [5.74, 6) is 0.169. The van der Waals surface area contributed by atoms with E-state index >= 15 is 0 Å². The molecule has 1 N–H and O–H groups in total. The van der Waals surface area contributed by atoms with E-state index in [0.717, 1.165) is 29.7 Å². The molecule has 0 heterocycles. The maximum absolute atomic E-state index is 10.9. The average molecular weight is 232 g/mol. The molecule has 0 amide bonds. The van der Waals surface area contributed by atoms with Crippen LogP contribution in [0.1, 0.15) is 24.5 Å². The van der Waals surface area contributed by atoms with E-state index in [1.54, 1.807) is 7.11 Å². The Hall–Kier alpha value is -1.77. The fraction of sp³-hybridized carbons (Fsp3) is 0.357. The fourth-order valence-electron chi connectivity index (χ4n) is 2.32. The van der Waals surface area contributed by atoms with Crippen LogP contribution in [-0.4, -0.2) is 18.2 Å². The molecule has 0 aromatic heterocycles. The van der Waals surface area contributed by atoms with Gasteiger partial charge in [-0.1, -0.05) is 13.0 Å². The fourth-order valence-corrected chi connectivity index (χ4v) is 2.32. The van der Waals surface area contributed by atoms with E-state index in [1.807, 2.05) is 18.2 Å². The topological polar surface area (TPSA) is 46.5 Å². The van der Waals surface area contributed by atoms with Crippen molar-refractivity contribution >= 4 is 11.5 Å². The second-order valence-electron chi connectivity index (χ2n) is 4.40. The Morgan fingerprint density at radius 1 is 1.53 bits per heavy atom. The van der Waals surface area contributed by atoms with Gasteiger partial charge in [-0.15, -0.1) is 0 Å². The molecule has 17 heavy (non-hydrogen) atoms. The molecular weight excluding hydrogens is 216 g/mol. The summed E-state index contributed by atoms with van der Waals surface area (Å²) in [6, 6.07) is 5.88. The zero-order valence-corrected chi connectivity index (χ0v) is 10.1. The second kappa shape index (κ2) is 4.62. The van der Waals surface area contributed by atoms with Gasteiger partial charge in [-0.25, -0.2) is 4.79 Å². The van der Waals surface area contributed by atoms with Crippen molar-refractivity contribution in [2.75, 3.05) is 7.11 Å². The van der Waals surface area contributed by atoms with Crippen molar-refractivity contribution in [1.82, 2.24) is 0 Å². The molecule has 1 aliphatic rings. The van der Waals surface area contributed by atoms with Crippen LogP contribution in [0.15, 0.2) is 24.3 Å². The summed E-state index contributed by atoms with van der Waals surface area (Å²) in [5, 5.41) is 8.93. The molecular formula is C14H16O3. The Balaban J connectivity index is 2.52. The molecule has 1 aromatic carbocycles.